The van der Waals surface area contributed by atoms with Crippen LogP contribution in [0.25, 0.3) is 11.0 Å². The fourth-order valence-corrected chi connectivity index (χ4v) is 1.36. The molecule has 1 amide bonds. The number of rotatable bonds is 2. The topological polar surface area (TPSA) is 59.8 Å². The first-order valence-electron chi connectivity index (χ1n) is 4.46. The van der Waals surface area contributed by atoms with Gasteiger partial charge in [0, 0.05) is 12.7 Å². The molecule has 2 aromatic rings. The lowest BCUT2D eigenvalue weighted by atomic mass is 10.2. The number of nitrogens with zero attached hydrogens (tertiary/aromatic N) is 3. The molecule has 5 nitrogen and oxygen atoms in total. The number of anilines is 1. The number of nitrogens with one attached hydrogen (secondary N) is 1. The Morgan fingerprint density at radius 2 is 2.38 bits per heavy atom. The summed E-state index contributed by atoms with van der Waals surface area (Å²) in [6.45, 7) is 0. The average molecular weight is 243 g/mol. The first-order chi connectivity index (χ1) is 7.58. The largest absolute Gasteiger partial charge is 0.322 e. The Balaban J connectivity index is 2.32. The fourth-order valence-electron chi connectivity index (χ4n) is 1.31. The van der Waals surface area contributed by atoms with Gasteiger partial charge in [0.1, 0.15) is 5.52 Å². The normalized spacial score (nSPS) is 12.7. The van der Waals surface area contributed by atoms with Crippen molar-refractivity contribution in [3.63, 3.8) is 0 Å². The van der Waals surface area contributed by atoms with E-state index in [-0.39, 0.29) is 0 Å². The van der Waals surface area contributed by atoms with Gasteiger partial charge in [-0.2, -0.15) is 0 Å². The van der Waals surface area contributed by atoms with Gasteiger partial charge in [-0.25, -0.2) is 9.07 Å². The van der Waals surface area contributed by atoms with Crippen molar-refractivity contribution in [3.8, 4) is 0 Å². The van der Waals surface area contributed by atoms with Gasteiger partial charge in [0.25, 0.3) is 11.5 Å². The number of amides is 1. The second-order valence-electron chi connectivity index (χ2n) is 3.21. The fraction of sp³-hybridized carbons (Fsp3) is 0.222. The SMILES string of the molecule is Cn1nnc2ccc(NC(=O)C(F)Cl)cc21. The quantitative estimate of drug-likeness (QED) is 0.811. The Morgan fingerprint density at radius 1 is 1.62 bits per heavy atom. The van der Waals surface area contributed by atoms with E-state index in [1.165, 1.54) is 0 Å². The number of carbonyl (C=O) groups is 1. The molecule has 0 fully saturated rings. The predicted molar refractivity (Wildman–Crippen MR) is 57.9 cm³/mol. The highest BCUT2D eigenvalue weighted by atomic mass is 35.5. The van der Waals surface area contributed by atoms with Crippen LogP contribution in [0.5, 0.6) is 0 Å². The zero-order chi connectivity index (χ0) is 11.7. The van der Waals surface area contributed by atoms with Crippen molar-refractivity contribution in [2.24, 2.45) is 7.05 Å². The molecule has 1 heterocycles. The lowest BCUT2D eigenvalue weighted by Crippen LogP contribution is -2.19. The van der Waals surface area contributed by atoms with E-state index in [1.54, 1.807) is 29.9 Å². The molecule has 1 atom stereocenters. The van der Waals surface area contributed by atoms with Crippen molar-refractivity contribution in [2.75, 3.05) is 5.32 Å². The Bertz CT molecular complexity index is 539. The van der Waals surface area contributed by atoms with E-state index < -0.39 is 11.5 Å². The maximum Gasteiger partial charge on any atom is 0.274 e. The van der Waals surface area contributed by atoms with Crippen LogP contribution in [-0.4, -0.2) is 26.5 Å². The highest BCUT2D eigenvalue weighted by Crippen LogP contribution is 2.17. The van der Waals surface area contributed by atoms with Crippen LogP contribution in [0.3, 0.4) is 0 Å². The van der Waals surface area contributed by atoms with E-state index in [2.05, 4.69) is 15.6 Å². The van der Waals surface area contributed by atoms with Crippen LogP contribution < -0.4 is 5.32 Å². The van der Waals surface area contributed by atoms with E-state index in [1.807, 2.05) is 0 Å². The monoisotopic (exact) mass is 242 g/mol. The second kappa shape index (κ2) is 4.05. The van der Waals surface area contributed by atoms with Crippen molar-refractivity contribution in [1.29, 1.82) is 0 Å². The number of aryl methyl sites for hydroxylation is 1. The van der Waals surface area contributed by atoms with Gasteiger partial charge in [-0.05, 0) is 18.2 Å². The molecule has 0 saturated carbocycles. The number of hydrogen-bond acceptors (Lipinski definition) is 3. The number of fused-ring (bicyclic) bond motifs is 1. The summed E-state index contributed by atoms with van der Waals surface area (Å²) in [5.41, 5.74) is -0.169. The molecule has 0 bridgehead atoms. The molecule has 0 aliphatic rings. The van der Waals surface area contributed by atoms with Gasteiger partial charge >= 0.3 is 0 Å². The highest BCUT2D eigenvalue weighted by Gasteiger charge is 2.13. The first-order valence-corrected chi connectivity index (χ1v) is 4.90. The summed E-state index contributed by atoms with van der Waals surface area (Å²) in [5.74, 6) is -0.892. The number of halogens is 2. The van der Waals surface area contributed by atoms with E-state index >= 15 is 0 Å². The van der Waals surface area contributed by atoms with Crippen molar-refractivity contribution in [1.82, 2.24) is 15.0 Å². The lowest BCUT2D eigenvalue weighted by Gasteiger charge is -2.04. The molecule has 0 spiro atoms. The molecule has 16 heavy (non-hydrogen) atoms. The third kappa shape index (κ3) is 1.96. The van der Waals surface area contributed by atoms with Gasteiger partial charge < -0.3 is 5.32 Å². The van der Waals surface area contributed by atoms with E-state index in [0.29, 0.717) is 11.2 Å². The molecular weight excluding hydrogens is 235 g/mol. The maximum atomic E-state index is 12.4. The Labute approximate surface area is 95.2 Å². The predicted octanol–water partition coefficient (Wildman–Crippen LogP) is 1.44. The molecule has 1 N–H and O–H groups in total. The summed E-state index contributed by atoms with van der Waals surface area (Å²) in [5, 5.41) is 10.0. The molecule has 84 valence electrons. The van der Waals surface area contributed by atoms with Gasteiger partial charge in [0.15, 0.2) is 0 Å². The third-order valence-corrected chi connectivity index (χ3v) is 2.27. The summed E-state index contributed by atoms with van der Waals surface area (Å²) in [4.78, 5) is 11.0. The van der Waals surface area contributed by atoms with Crippen LogP contribution in [0.1, 0.15) is 0 Å². The van der Waals surface area contributed by atoms with Crippen molar-refractivity contribution in [2.45, 2.75) is 5.63 Å². The zero-order valence-electron chi connectivity index (χ0n) is 8.32. The summed E-state index contributed by atoms with van der Waals surface area (Å²) < 4.78 is 14.0. The molecule has 2 rings (SSSR count). The molecule has 1 aromatic heterocycles. The number of hydrogen-bond donors (Lipinski definition) is 1. The van der Waals surface area contributed by atoms with Crippen molar-refractivity contribution in [3.05, 3.63) is 18.2 Å². The summed E-state index contributed by atoms with van der Waals surface area (Å²) in [7, 11) is 1.72. The van der Waals surface area contributed by atoms with Crippen LogP contribution in [0.15, 0.2) is 18.2 Å². The molecule has 0 aliphatic heterocycles. The summed E-state index contributed by atoms with van der Waals surface area (Å²) in [6.07, 6.45) is 0. The molecule has 1 unspecified atom stereocenters. The zero-order valence-corrected chi connectivity index (χ0v) is 9.07. The van der Waals surface area contributed by atoms with E-state index in [9.17, 15) is 9.18 Å². The van der Waals surface area contributed by atoms with Crippen molar-refractivity contribution >= 4 is 34.2 Å². The molecule has 0 aliphatic carbocycles. The Morgan fingerprint density at radius 3 is 3.06 bits per heavy atom. The summed E-state index contributed by atoms with van der Waals surface area (Å²) >= 11 is 5.00. The minimum absolute atomic E-state index is 0.450. The minimum atomic E-state index is -2.06. The highest BCUT2D eigenvalue weighted by molar-refractivity contribution is 6.31. The van der Waals surface area contributed by atoms with Gasteiger partial charge in [-0.3, -0.25) is 4.79 Å². The van der Waals surface area contributed by atoms with Crippen LogP contribution in [-0.2, 0) is 11.8 Å². The molecule has 0 radical (unpaired) electrons. The van der Waals surface area contributed by atoms with Crippen LogP contribution in [0.4, 0.5) is 10.1 Å². The molecule has 0 saturated heterocycles. The Hall–Kier alpha value is -1.69. The number of carbonyl (C=O) groups excluding carboxylic acids is 1. The maximum absolute atomic E-state index is 12.4. The van der Waals surface area contributed by atoms with Crippen LogP contribution in [0.2, 0.25) is 0 Å². The lowest BCUT2D eigenvalue weighted by molar-refractivity contribution is -0.118. The Kier molecular flexibility index (Phi) is 2.74. The first kappa shape index (κ1) is 10.8. The van der Waals surface area contributed by atoms with E-state index in [4.69, 9.17) is 11.6 Å². The molecule has 7 heteroatoms. The second-order valence-corrected chi connectivity index (χ2v) is 3.59. The van der Waals surface area contributed by atoms with Crippen LogP contribution in [0, 0.1) is 0 Å². The molecular formula is C9H8ClFN4O. The minimum Gasteiger partial charge on any atom is -0.322 e. The van der Waals surface area contributed by atoms with Gasteiger partial charge in [0.2, 0.25) is 0 Å². The van der Waals surface area contributed by atoms with Crippen molar-refractivity contribution < 1.29 is 9.18 Å². The van der Waals surface area contributed by atoms with E-state index in [0.717, 1.165) is 5.52 Å². The van der Waals surface area contributed by atoms with Gasteiger partial charge in [-0.1, -0.05) is 16.8 Å². The smallest absolute Gasteiger partial charge is 0.274 e. The number of benzene rings is 1. The number of aromatic nitrogens is 3. The molecule has 1 aromatic carbocycles. The van der Waals surface area contributed by atoms with Gasteiger partial charge in [-0.15, -0.1) is 5.10 Å². The number of alkyl halides is 2. The average Bonchev–Trinajstić information content (AvgIpc) is 2.60. The standard InChI is InChI=1S/C9H8ClFN4O/c1-15-7-4-5(12-9(16)8(10)11)2-3-6(7)13-14-15/h2-4,8H,1H3,(H,12,16). The third-order valence-electron chi connectivity index (χ3n) is 2.08. The van der Waals surface area contributed by atoms with Gasteiger partial charge in [0.05, 0.1) is 5.52 Å². The summed E-state index contributed by atoms with van der Waals surface area (Å²) in [6, 6.07) is 4.93. The van der Waals surface area contributed by atoms with Crippen LogP contribution >= 0.6 is 11.6 Å².